The number of rotatable bonds is 2. The van der Waals surface area contributed by atoms with E-state index in [2.05, 4.69) is 0 Å². The van der Waals surface area contributed by atoms with E-state index in [9.17, 15) is 18.3 Å². The van der Waals surface area contributed by atoms with Crippen molar-refractivity contribution in [2.24, 2.45) is 0 Å². The van der Waals surface area contributed by atoms with Gasteiger partial charge in [0.2, 0.25) is 12.5 Å². The van der Waals surface area contributed by atoms with Crippen LogP contribution in [0.2, 0.25) is 0 Å². The minimum absolute atomic E-state index is 0.0648. The molecule has 0 aromatic heterocycles. The molecule has 1 aromatic rings. The molecule has 0 bridgehead atoms. The molecule has 0 spiro atoms. The first kappa shape index (κ1) is 15.2. The molecule has 0 amide bonds. The molecular weight excluding hydrogens is 303 g/mol. The Morgan fingerprint density at radius 2 is 1.91 bits per heavy atom. The molecule has 0 unspecified atom stereocenters. The number of hydrogen-bond acceptors (Lipinski definition) is 5. The van der Waals surface area contributed by atoms with Gasteiger partial charge in [-0.3, -0.25) is 0 Å². The zero-order chi connectivity index (χ0) is 16.1. The van der Waals surface area contributed by atoms with Crippen molar-refractivity contribution < 1.29 is 32.5 Å². The largest absolute Gasteiger partial charge is 0.492 e. The van der Waals surface area contributed by atoms with Gasteiger partial charge in [0.25, 0.3) is 0 Å². The summed E-state index contributed by atoms with van der Waals surface area (Å²) in [6, 6.07) is 0. The molecule has 1 atom stereocenters. The molecule has 8 heteroatoms. The molecule has 122 valence electrons. The predicted molar refractivity (Wildman–Crippen MR) is 70.2 cm³/mol. The van der Waals surface area contributed by atoms with E-state index in [0.717, 1.165) is 0 Å². The van der Waals surface area contributed by atoms with Gasteiger partial charge in [-0.05, 0) is 19.0 Å². The summed E-state index contributed by atoms with van der Waals surface area (Å²) in [5.74, 6) is 0.451. The van der Waals surface area contributed by atoms with Crippen LogP contribution in [0.1, 0.15) is 22.8 Å². The van der Waals surface area contributed by atoms with Gasteiger partial charge in [-0.25, -0.2) is 0 Å². The van der Waals surface area contributed by atoms with Crippen molar-refractivity contribution in [3.8, 4) is 17.2 Å². The van der Waals surface area contributed by atoms with Gasteiger partial charge in [0.1, 0.15) is 0 Å². The molecule has 0 fully saturated rings. The molecule has 1 N–H and O–H groups in total. The Morgan fingerprint density at radius 1 is 1.23 bits per heavy atom. The van der Waals surface area contributed by atoms with Crippen molar-refractivity contribution in [3.05, 3.63) is 16.7 Å². The van der Waals surface area contributed by atoms with E-state index in [1.807, 2.05) is 11.9 Å². The summed E-state index contributed by atoms with van der Waals surface area (Å²) in [4.78, 5) is 1.97. The average Bonchev–Trinajstić information content (AvgIpc) is 2.91. The minimum Gasteiger partial charge on any atom is -0.492 e. The molecule has 5 nitrogen and oxygen atoms in total. The number of fused-ring (bicyclic) bond motifs is 2. The normalized spacial score (nSPS) is 19.0. The standard InChI is InChI=1S/C14H16F3NO4/c1-18-4-3-7-8(5-18)10(20-2)12-11(21-6-22-12)9(7)13(19)14(15,16)17/h13,19H,3-6H2,1-2H3/t13-/m1/s1. The third kappa shape index (κ3) is 2.26. The number of ether oxygens (including phenoxy) is 3. The Bertz CT molecular complexity index is 603. The first-order valence-electron chi connectivity index (χ1n) is 6.79. The number of likely N-dealkylation sites (N-methyl/N-ethyl adjacent to an activating group) is 1. The lowest BCUT2D eigenvalue weighted by Crippen LogP contribution is -2.30. The van der Waals surface area contributed by atoms with Crippen LogP contribution in [0, 0.1) is 0 Å². The highest BCUT2D eigenvalue weighted by molar-refractivity contribution is 5.66. The van der Waals surface area contributed by atoms with Crippen LogP contribution in [-0.4, -0.2) is 43.7 Å². The number of methoxy groups -OCH3 is 1. The van der Waals surface area contributed by atoms with Crippen molar-refractivity contribution in [3.63, 3.8) is 0 Å². The van der Waals surface area contributed by atoms with Gasteiger partial charge in [0, 0.05) is 24.2 Å². The van der Waals surface area contributed by atoms with Crippen molar-refractivity contribution in [2.45, 2.75) is 25.2 Å². The smallest absolute Gasteiger partial charge is 0.418 e. The zero-order valence-electron chi connectivity index (χ0n) is 12.2. The van der Waals surface area contributed by atoms with E-state index in [1.54, 1.807) is 0 Å². The molecule has 0 aliphatic carbocycles. The third-order valence-corrected chi connectivity index (χ3v) is 3.99. The lowest BCUT2D eigenvalue weighted by atomic mass is 9.89. The lowest BCUT2D eigenvalue weighted by molar-refractivity contribution is -0.207. The van der Waals surface area contributed by atoms with E-state index in [1.165, 1.54) is 7.11 Å². The maximum Gasteiger partial charge on any atom is 0.418 e. The number of halogens is 3. The van der Waals surface area contributed by atoms with Crippen molar-refractivity contribution in [1.82, 2.24) is 4.90 Å². The maximum atomic E-state index is 13.0. The summed E-state index contributed by atoms with van der Waals surface area (Å²) in [6.07, 6.45) is -7.00. The summed E-state index contributed by atoms with van der Waals surface area (Å²) < 4.78 is 54.9. The number of aliphatic hydroxyl groups excluding tert-OH is 1. The fraction of sp³-hybridized carbons (Fsp3) is 0.571. The number of hydrogen-bond donors (Lipinski definition) is 1. The molecule has 2 heterocycles. The van der Waals surface area contributed by atoms with E-state index >= 15 is 0 Å². The van der Waals surface area contributed by atoms with E-state index in [-0.39, 0.29) is 23.9 Å². The molecule has 0 saturated carbocycles. The Morgan fingerprint density at radius 3 is 2.55 bits per heavy atom. The molecule has 0 radical (unpaired) electrons. The van der Waals surface area contributed by atoms with E-state index in [4.69, 9.17) is 14.2 Å². The van der Waals surface area contributed by atoms with Crippen molar-refractivity contribution in [1.29, 1.82) is 0 Å². The molecule has 22 heavy (non-hydrogen) atoms. The minimum atomic E-state index is -4.77. The predicted octanol–water partition coefficient (Wildman–Crippen LogP) is 2.01. The van der Waals surface area contributed by atoms with Crippen LogP contribution in [0.25, 0.3) is 0 Å². The van der Waals surface area contributed by atoms with Crippen LogP contribution in [-0.2, 0) is 13.0 Å². The average molecular weight is 319 g/mol. The Balaban J connectivity index is 2.26. The van der Waals surface area contributed by atoms with Gasteiger partial charge in [-0.1, -0.05) is 0 Å². The summed E-state index contributed by atoms with van der Waals surface area (Å²) in [5.41, 5.74) is 0.798. The molecule has 3 rings (SSSR count). The Kier molecular flexibility index (Phi) is 3.60. The quantitative estimate of drug-likeness (QED) is 0.904. The lowest BCUT2D eigenvalue weighted by Gasteiger charge is -2.30. The van der Waals surface area contributed by atoms with Gasteiger partial charge >= 0.3 is 6.18 Å². The van der Waals surface area contributed by atoms with Crippen LogP contribution in [0.4, 0.5) is 13.2 Å². The first-order chi connectivity index (χ1) is 10.3. The van der Waals surface area contributed by atoms with Gasteiger partial charge in [0.05, 0.1) is 7.11 Å². The van der Waals surface area contributed by atoms with Crippen LogP contribution in [0.15, 0.2) is 0 Å². The number of nitrogens with zero attached hydrogens (tertiary/aromatic N) is 1. The fourth-order valence-corrected chi connectivity index (χ4v) is 2.99. The fourth-order valence-electron chi connectivity index (χ4n) is 2.99. The van der Waals surface area contributed by atoms with Gasteiger partial charge in [0.15, 0.2) is 17.6 Å². The van der Waals surface area contributed by atoms with Crippen LogP contribution in [0.3, 0.4) is 0 Å². The van der Waals surface area contributed by atoms with Gasteiger partial charge < -0.3 is 24.2 Å². The number of alkyl halides is 3. The Hall–Kier alpha value is -1.67. The van der Waals surface area contributed by atoms with Crippen LogP contribution < -0.4 is 14.2 Å². The molecule has 0 saturated heterocycles. The summed E-state index contributed by atoms with van der Waals surface area (Å²) in [7, 11) is 3.30. The van der Waals surface area contributed by atoms with Crippen LogP contribution >= 0.6 is 0 Å². The second-order valence-corrected chi connectivity index (χ2v) is 5.40. The molecule has 1 aromatic carbocycles. The van der Waals surface area contributed by atoms with E-state index in [0.29, 0.717) is 36.4 Å². The number of benzene rings is 1. The summed E-state index contributed by atoms with van der Waals surface area (Å²) in [6.45, 7) is 0.822. The highest BCUT2D eigenvalue weighted by Gasteiger charge is 2.46. The summed E-state index contributed by atoms with van der Waals surface area (Å²) >= 11 is 0. The summed E-state index contributed by atoms with van der Waals surface area (Å²) in [5, 5.41) is 9.79. The number of aliphatic hydroxyl groups is 1. The van der Waals surface area contributed by atoms with Crippen LogP contribution in [0.5, 0.6) is 17.2 Å². The molecule has 2 aliphatic heterocycles. The SMILES string of the molecule is COc1c2c(c([C@@H](O)C(F)(F)F)c3c1OCO3)CCN(C)C2. The Labute approximate surface area is 125 Å². The van der Waals surface area contributed by atoms with Crippen molar-refractivity contribution in [2.75, 3.05) is 27.5 Å². The second-order valence-electron chi connectivity index (χ2n) is 5.40. The van der Waals surface area contributed by atoms with Gasteiger partial charge in [-0.2, -0.15) is 13.2 Å². The second kappa shape index (κ2) is 5.20. The highest BCUT2D eigenvalue weighted by atomic mass is 19.4. The van der Waals surface area contributed by atoms with E-state index < -0.39 is 12.3 Å². The topological polar surface area (TPSA) is 51.2 Å². The first-order valence-corrected chi connectivity index (χ1v) is 6.79. The van der Waals surface area contributed by atoms with Crippen molar-refractivity contribution >= 4 is 0 Å². The third-order valence-electron chi connectivity index (χ3n) is 3.99. The zero-order valence-corrected chi connectivity index (χ0v) is 12.2. The van der Waals surface area contributed by atoms with Gasteiger partial charge in [-0.15, -0.1) is 0 Å². The monoisotopic (exact) mass is 319 g/mol. The molecule has 2 aliphatic rings. The highest BCUT2D eigenvalue weighted by Crippen LogP contribution is 2.53. The maximum absolute atomic E-state index is 13.0. The molecular formula is C14H16F3NO4.